The van der Waals surface area contributed by atoms with Crippen molar-refractivity contribution >= 4 is 0 Å². The smallest absolute Gasteiger partial charge is 0.278 e. The molecule has 5 nitrogen and oxygen atoms in total. The second-order valence-electron chi connectivity index (χ2n) is 8.28. The maximum Gasteiger partial charge on any atom is 0.278 e. The van der Waals surface area contributed by atoms with Crippen LogP contribution in [0.3, 0.4) is 0 Å². The van der Waals surface area contributed by atoms with Crippen molar-refractivity contribution in [3.05, 3.63) is 117 Å². The number of aromatic amines is 1. The summed E-state index contributed by atoms with van der Waals surface area (Å²) < 4.78 is 35.6. The number of hydrogen-bond acceptors (Lipinski definition) is 3. The van der Waals surface area contributed by atoms with Gasteiger partial charge in [0.1, 0.15) is 17.2 Å². The Hall–Kier alpha value is -4.00. The molecule has 1 N–H and O–H groups in total. The molecule has 7 heteroatoms. The van der Waals surface area contributed by atoms with Crippen LogP contribution in [0.2, 0.25) is 0 Å². The highest BCUT2D eigenvalue weighted by Crippen LogP contribution is 2.25. The van der Waals surface area contributed by atoms with Crippen LogP contribution < -0.4 is 5.56 Å². The highest BCUT2D eigenvalue weighted by Gasteiger charge is 2.22. The molecule has 0 saturated heterocycles. The topological polar surface area (TPSA) is 63.8 Å². The predicted molar refractivity (Wildman–Crippen MR) is 126 cm³/mol. The number of imidazole rings is 1. The first-order valence-corrected chi connectivity index (χ1v) is 11.1. The van der Waals surface area contributed by atoms with E-state index in [-0.39, 0.29) is 24.0 Å². The van der Waals surface area contributed by atoms with Crippen molar-refractivity contribution in [3.63, 3.8) is 0 Å². The molecule has 5 rings (SSSR count). The molecule has 0 atom stereocenters. The molecule has 0 amide bonds. The lowest BCUT2D eigenvalue weighted by molar-refractivity contribution is 0.489. The van der Waals surface area contributed by atoms with Gasteiger partial charge < -0.3 is 9.40 Å². The van der Waals surface area contributed by atoms with E-state index in [1.54, 1.807) is 6.20 Å². The number of benzene rings is 2. The molecule has 2 aliphatic rings. The lowest BCUT2D eigenvalue weighted by Crippen LogP contribution is -2.18. The Morgan fingerprint density at radius 3 is 2.56 bits per heavy atom. The fraction of sp³-hybridized carbons (Fsp3) is 0.185. The number of aromatic nitrogens is 3. The molecule has 0 unspecified atom stereocenters. The number of rotatable bonds is 6. The van der Waals surface area contributed by atoms with E-state index in [0.717, 1.165) is 29.4 Å². The monoisotopic (exact) mass is 459 g/mol. The van der Waals surface area contributed by atoms with E-state index in [9.17, 15) is 13.6 Å². The molecule has 0 bridgehead atoms. The maximum absolute atomic E-state index is 14.5. The molecule has 0 aliphatic carbocycles. The first-order valence-electron chi connectivity index (χ1n) is 11.1. The normalized spacial score (nSPS) is 11.4. The summed E-state index contributed by atoms with van der Waals surface area (Å²) in [7, 11) is 0. The maximum atomic E-state index is 14.5. The lowest BCUT2D eigenvalue weighted by Gasteiger charge is -2.13. The summed E-state index contributed by atoms with van der Waals surface area (Å²) in [5, 5.41) is 0. The molecule has 0 fully saturated rings. The van der Waals surface area contributed by atoms with Crippen molar-refractivity contribution in [2.24, 2.45) is 0 Å². The van der Waals surface area contributed by atoms with E-state index >= 15 is 0 Å². The molecule has 2 aromatic carbocycles. The molecular weight excluding hydrogens is 436 g/mol. The third-order valence-corrected chi connectivity index (χ3v) is 6.03. The highest BCUT2D eigenvalue weighted by atomic mass is 19.2. The third-order valence-electron chi connectivity index (χ3n) is 6.03. The Morgan fingerprint density at radius 1 is 1.03 bits per heavy atom. The zero-order chi connectivity index (χ0) is 23.8. The van der Waals surface area contributed by atoms with E-state index in [4.69, 9.17) is 4.42 Å². The standard InChI is InChI=1S/C27H23F2N3O2/c1-3-17-12-20(34-16(17)2)14-23-27(33)32-15-24(18-8-5-4-6-9-18)30-22(26(32)31-23)13-19-10-7-11-21(28)25(19)29/h4-12,15,30H,3,13-14H2,1-2H3. The molecule has 0 radical (unpaired) electrons. The SMILES string of the molecule is CCc1cc(Cc2nc3c(Cc4cccc(F)c4F)[nH]c(-c4ccccc4)cn-3c2=O)oc1C. The second kappa shape index (κ2) is 8.74. The number of halogens is 2. The van der Waals surface area contributed by atoms with Gasteiger partial charge in [0.05, 0.1) is 17.8 Å². The van der Waals surface area contributed by atoms with Gasteiger partial charge in [-0.3, -0.25) is 9.36 Å². The van der Waals surface area contributed by atoms with Crippen LogP contribution in [-0.2, 0) is 19.3 Å². The molecule has 172 valence electrons. The predicted octanol–water partition coefficient (Wildman–Crippen LogP) is 5.59. The number of aryl methyl sites for hydroxylation is 2. The summed E-state index contributed by atoms with van der Waals surface area (Å²) >= 11 is 0. The van der Waals surface area contributed by atoms with Crippen LogP contribution in [0.1, 0.15) is 41.0 Å². The number of furan rings is 1. The summed E-state index contributed by atoms with van der Waals surface area (Å²) in [6.45, 7) is 3.95. The Morgan fingerprint density at radius 2 is 1.82 bits per heavy atom. The summed E-state index contributed by atoms with van der Waals surface area (Å²) in [6, 6.07) is 15.5. The minimum atomic E-state index is -0.916. The van der Waals surface area contributed by atoms with Gasteiger partial charge in [0.25, 0.3) is 5.56 Å². The quantitative estimate of drug-likeness (QED) is 0.360. The van der Waals surface area contributed by atoms with Crippen LogP contribution in [0, 0.1) is 18.6 Å². The molecule has 0 spiro atoms. The number of hydrogen-bond donors (Lipinski definition) is 1. The van der Waals surface area contributed by atoms with Crippen LogP contribution >= 0.6 is 0 Å². The summed E-state index contributed by atoms with van der Waals surface area (Å²) in [6.07, 6.45) is 2.82. The molecule has 34 heavy (non-hydrogen) atoms. The average Bonchev–Trinajstić information content (AvgIpc) is 3.36. The van der Waals surface area contributed by atoms with Gasteiger partial charge in [0, 0.05) is 12.6 Å². The van der Waals surface area contributed by atoms with Crippen molar-refractivity contribution in [3.8, 4) is 17.1 Å². The Balaban J connectivity index is 1.64. The fourth-order valence-corrected chi connectivity index (χ4v) is 4.25. The first kappa shape index (κ1) is 21.8. The number of nitrogens with one attached hydrogen (secondary N) is 1. The van der Waals surface area contributed by atoms with Gasteiger partial charge in [-0.2, -0.15) is 0 Å². The van der Waals surface area contributed by atoms with Crippen LogP contribution in [-0.4, -0.2) is 14.5 Å². The van der Waals surface area contributed by atoms with Gasteiger partial charge in [-0.15, -0.1) is 0 Å². The van der Waals surface area contributed by atoms with E-state index in [0.29, 0.717) is 28.7 Å². The Kier molecular flexibility index (Phi) is 5.61. The van der Waals surface area contributed by atoms with E-state index < -0.39 is 11.6 Å². The second-order valence-corrected chi connectivity index (χ2v) is 8.28. The van der Waals surface area contributed by atoms with Crippen LogP contribution in [0.5, 0.6) is 0 Å². The van der Waals surface area contributed by atoms with Gasteiger partial charge in [-0.1, -0.05) is 49.4 Å². The Bertz CT molecular complexity index is 1500. The fourth-order valence-electron chi connectivity index (χ4n) is 4.25. The largest absolute Gasteiger partial charge is 0.466 e. The van der Waals surface area contributed by atoms with E-state index in [2.05, 4.69) is 9.97 Å². The highest BCUT2D eigenvalue weighted by molar-refractivity contribution is 5.60. The summed E-state index contributed by atoms with van der Waals surface area (Å²) in [5.74, 6) is 0.0468. The van der Waals surface area contributed by atoms with Gasteiger partial charge in [-0.05, 0) is 42.2 Å². The number of nitrogens with zero attached hydrogens (tertiary/aromatic N) is 2. The van der Waals surface area contributed by atoms with Gasteiger partial charge in [0.2, 0.25) is 0 Å². The first-order chi connectivity index (χ1) is 16.4. The van der Waals surface area contributed by atoms with Crippen molar-refractivity contribution in [2.75, 3.05) is 0 Å². The minimum Gasteiger partial charge on any atom is -0.466 e. The zero-order valence-electron chi connectivity index (χ0n) is 18.9. The average molecular weight is 459 g/mol. The molecule has 0 saturated carbocycles. The van der Waals surface area contributed by atoms with Gasteiger partial charge >= 0.3 is 0 Å². The van der Waals surface area contributed by atoms with Crippen LogP contribution in [0.25, 0.3) is 17.1 Å². The van der Waals surface area contributed by atoms with Crippen molar-refractivity contribution < 1.29 is 13.2 Å². The Labute approximate surface area is 195 Å². The minimum absolute atomic E-state index is 0.0451. The van der Waals surface area contributed by atoms with Gasteiger partial charge in [-0.25, -0.2) is 13.8 Å². The van der Waals surface area contributed by atoms with Gasteiger partial charge in [0.15, 0.2) is 17.5 Å². The van der Waals surface area contributed by atoms with E-state index in [1.807, 2.05) is 50.2 Å². The van der Waals surface area contributed by atoms with Crippen molar-refractivity contribution in [2.45, 2.75) is 33.1 Å². The van der Waals surface area contributed by atoms with Crippen molar-refractivity contribution in [1.82, 2.24) is 14.5 Å². The molecule has 2 aliphatic heterocycles. The molecule has 3 heterocycles. The summed E-state index contributed by atoms with van der Waals surface area (Å²) in [5.41, 5.74) is 3.37. The molecule has 3 aromatic rings. The van der Waals surface area contributed by atoms with Crippen LogP contribution in [0.4, 0.5) is 8.78 Å². The number of H-pyrrole nitrogens is 1. The zero-order valence-corrected chi connectivity index (χ0v) is 18.9. The lowest BCUT2D eigenvalue weighted by atomic mass is 10.1. The van der Waals surface area contributed by atoms with E-state index in [1.165, 1.54) is 16.7 Å². The molecule has 1 aromatic heterocycles. The van der Waals surface area contributed by atoms with Crippen molar-refractivity contribution in [1.29, 1.82) is 0 Å². The number of fused-ring (bicyclic) bond motifs is 1. The summed E-state index contributed by atoms with van der Waals surface area (Å²) in [4.78, 5) is 21.2. The third kappa shape index (κ3) is 3.94. The molecular formula is C27H23F2N3O2. The van der Waals surface area contributed by atoms with Crippen LogP contribution in [0.15, 0.2) is 70.0 Å².